The van der Waals surface area contributed by atoms with E-state index in [1.165, 1.54) is 0 Å². The summed E-state index contributed by atoms with van der Waals surface area (Å²) >= 11 is 0. The molecule has 1 aliphatic heterocycles. The van der Waals surface area contributed by atoms with Gasteiger partial charge in [0.05, 0.1) is 0 Å². The van der Waals surface area contributed by atoms with Gasteiger partial charge >= 0.3 is 5.97 Å². The second-order valence-electron chi connectivity index (χ2n) is 5.30. The molecule has 3 N–H and O–H groups in total. The van der Waals surface area contributed by atoms with Gasteiger partial charge in [0.2, 0.25) is 0 Å². The molecule has 0 atom stereocenters. The highest BCUT2D eigenvalue weighted by molar-refractivity contribution is 5.67. The summed E-state index contributed by atoms with van der Waals surface area (Å²) in [7, 11) is 0. The number of rotatable bonds is 6. The van der Waals surface area contributed by atoms with Gasteiger partial charge in [-0.15, -0.1) is 0 Å². The first-order chi connectivity index (χ1) is 9.63. The molecule has 0 unspecified atom stereocenters. The van der Waals surface area contributed by atoms with E-state index in [0.717, 1.165) is 43.9 Å². The molecule has 20 heavy (non-hydrogen) atoms. The number of hydrogen-bond donors (Lipinski definition) is 2. The number of carbonyl (C=O) groups is 1. The first kappa shape index (κ1) is 14.7. The maximum absolute atomic E-state index is 10.7. The van der Waals surface area contributed by atoms with Gasteiger partial charge in [0.25, 0.3) is 0 Å². The molecule has 0 aromatic heterocycles. The number of aliphatic carboxylic acids is 1. The topological polar surface area (TPSA) is 75.8 Å². The summed E-state index contributed by atoms with van der Waals surface area (Å²) < 4.78 is 5.66. The number of carboxylic acids is 1. The number of carboxylic acid groups (broad SMARTS) is 1. The number of benzene rings is 1. The van der Waals surface area contributed by atoms with Gasteiger partial charge < -0.3 is 15.6 Å². The highest BCUT2D eigenvalue weighted by Crippen LogP contribution is 2.20. The molecule has 110 valence electrons. The van der Waals surface area contributed by atoms with Crippen molar-refractivity contribution < 1.29 is 14.6 Å². The molecule has 0 spiro atoms. The lowest BCUT2D eigenvalue weighted by atomic mass is 9.94. The average molecular weight is 278 g/mol. The van der Waals surface area contributed by atoms with Gasteiger partial charge in [-0.3, -0.25) is 9.69 Å². The first-order valence-corrected chi connectivity index (χ1v) is 7.06. The van der Waals surface area contributed by atoms with E-state index in [4.69, 9.17) is 15.6 Å². The summed E-state index contributed by atoms with van der Waals surface area (Å²) in [5.74, 6) is 0.483. The molecular weight excluding hydrogens is 256 g/mol. The fourth-order valence-corrected chi connectivity index (χ4v) is 2.52. The highest BCUT2D eigenvalue weighted by atomic mass is 16.5. The van der Waals surface area contributed by atoms with Crippen molar-refractivity contribution in [1.82, 2.24) is 4.90 Å². The molecule has 1 heterocycles. The molecule has 1 aromatic carbocycles. The molecule has 1 aromatic rings. The molecule has 1 aliphatic rings. The van der Waals surface area contributed by atoms with Crippen molar-refractivity contribution in [3.05, 3.63) is 24.3 Å². The van der Waals surface area contributed by atoms with E-state index >= 15 is 0 Å². The molecule has 0 saturated carbocycles. The van der Waals surface area contributed by atoms with Gasteiger partial charge in [0.1, 0.15) is 12.4 Å². The van der Waals surface area contributed by atoms with Gasteiger partial charge in [0, 0.05) is 18.7 Å². The smallest absolute Gasteiger partial charge is 0.303 e. The predicted octanol–water partition coefficient (Wildman–Crippen LogP) is 1.83. The van der Waals surface area contributed by atoms with Crippen molar-refractivity contribution in [2.75, 3.05) is 32.0 Å². The number of ether oxygens (including phenoxy) is 1. The third-order valence-electron chi connectivity index (χ3n) is 3.73. The maximum Gasteiger partial charge on any atom is 0.303 e. The van der Waals surface area contributed by atoms with Crippen LogP contribution in [0.4, 0.5) is 5.69 Å². The molecule has 5 nitrogen and oxygen atoms in total. The number of nitrogens with zero attached hydrogens (tertiary/aromatic N) is 1. The minimum atomic E-state index is -0.685. The molecule has 1 fully saturated rings. The second-order valence-corrected chi connectivity index (χ2v) is 5.30. The molecule has 0 aliphatic carbocycles. The lowest BCUT2D eigenvalue weighted by molar-refractivity contribution is -0.138. The van der Waals surface area contributed by atoms with Crippen molar-refractivity contribution >= 4 is 11.7 Å². The number of piperidine rings is 1. The highest BCUT2D eigenvalue weighted by Gasteiger charge is 2.20. The number of nitrogen functional groups attached to an aromatic ring is 1. The summed E-state index contributed by atoms with van der Waals surface area (Å²) in [6.07, 6.45) is 2.23. The fourth-order valence-electron chi connectivity index (χ4n) is 2.52. The van der Waals surface area contributed by atoms with Crippen molar-refractivity contribution in [3.8, 4) is 5.75 Å². The first-order valence-electron chi connectivity index (χ1n) is 7.06. The normalized spacial score (nSPS) is 17.0. The van der Waals surface area contributed by atoms with Gasteiger partial charge in [0.15, 0.2) is 0 Å². The second kappa shape index (κ2) is 7.14. The van der Waals surface area contributed by atoms with Crippen LogP contribution in [0.25, 0.3) is 0 Å². The summed E-state index contributed by atoms with van der Waals surface area (Å²) in [4.78, 5) is 13.0. The summed E-state index contributed by atoms with van der Waals surface area (Å²) in [6, 6.07) is 7.39. The van der Waals surface area contributed by atoms with E-state index in [0.29, 0.717) is 18.9 Å². The molecule has 1 saturated heterocycles. The molecule has 2 rings (SSSR count). The Morgan fingerprint density at radius 3 is 2.55 bits per heavy atom. The quantitative estimate of drug-likeness (QED) is 0.776. The zero-order valence-electron chi connectivity index (χ0n) is 11.6. The Labute approximate surface area is 119 Å². The van der Waals surface area contributed by atoms with Crippen molar-refractivity contribution in [1.29, 1.82) is 0 Å². The van der Waals surface area contributed by atoms with Crippen LogP contribution in [0.2, 0.25) is 0 Å². The van der Waals surface area contributed by atoms with Crippen LogP contribution in [-0.2, 0) is 4.79 Å². The van der Waals surface area contributed by atoms with Crippen LogP contribution in [0.1, 0.15) is 19.3 Å². The number of hydrogen-bond acceptors (Lipinski definition) is 4. The minimum absolute atomic E-state index is 0.301. The summed E-state index contributed by atoms with van der Waals surface area (Å²) in [6.45, 7) is 3.45. The van der Waals surface area contributed by atoms with Crippen molar-refractivity contribution in [2.24, 2.45) is 5.92 Å². The Kier molecular flexibility index (Phi) is 5.24. The van der Waals surface area contributed by atoms with E-state index in [-0.39, 0.29) is 0 Å². The van der Waals surface area contributed by atoms with Crippen molar-refractivity contribution in [2.45, 2.75) is 19.3 Å². The average Bonchev–Trinajstić information content (AvgIpc) is 2.42. The van der Waals surface area contributed by atoms with Crippen LogP contribution < -0.4 is 10.5 Å². The molecular formula is C15H22N2O3. The van der Waals surface area contributed by atoms with Gasteiger partial charge in [-0.05, 0) is 56.1 Å². The summed E-state index contributed by atoms with van der Waals surface area (Å²) in [5, 5.41) is 8.78. The Morgan fingerprint density at radius 2 is 1.95 bits per heavy atom. The van der Waals surface area contributed by atoms with Crippen LogP contribution in [0.5, 0.6) is 5.75 Å². The maximum atomic E-state index is 10.7. The van der Waals surface area contributed by atoms with Crippen LogP contribution >= 0.6 is 0 Å². The van der Waals surface area contributed by atoms with E-state index in [1.54, 1.807) is 0 Å². The SMILES string of the molecule is Nc1ccc(OCCN2CCC(CC(=O)O)CC2)cc1. The van der Waals surface area contributed by atoms with E-state index < -0.39 is 5.97 Å². The van der Waals surface area contributed by atoms with Gasteiger partial charge in [-0.25, -0.2) is 0 Å². The number of likely N-dealkylation sites (tertiary alicyclic amines) is 1. The monoisotopic (exact) mass is 278 g/mol. The molecule has 0 bridgehead atoms. The zero-order valence-corrected chi connectivity index (χ0v) is 11.6. The molecule has 5 heteroatoms. The number of nitrogens with two attached hydrogens (primary N) is 1. The number of anilines is 1. The fraction of sp³-hybridized carbons (Fsp3) is 0.533. The molecule has 0 radical (unpaired) electrons. The summed E-state index contributed by atoms with van der Waals surface area (Å²) in [5.41, 5.74) is 6.35. The zero-order chi connectivity index (χ0) is 14.4. The predicted molar refractivity (Wildman–Crippen MR) is 77.8 cm³/mol. The van der Waals surface area contributed by atoms with E-state index in [1.807, 2.05) is 24.3 Å². The standard InChI is InChI=1S/C15H22N2O3/c16-13-1-3-14(4-2-13)20-10-9-17-7-5-12(6-8-17)11-15(18)19/h1-4,12H,5-11,16H2,(H,18,19). The Morgan fingerprint density at radius 1 is 1.30 bits per heavy atom. The van der Waals surface area contributed by atoms with Crippen LogP contribution in [0.3, 0.4) is 0 Å². The largest absolute Gasteiger partial charge is 0.492 e. The van der Waals surface area contributed by atoms with Crippen molar-refractivity contribution in [3.63, 3.8) is 0 Å². The van der Waals surface area contributed by atoms with Gasteiger partial charge in [-0.2, -0.15) is 0 Å². The third-order valence-corrected chi connectivity index (χ3v) is 3.73. The Balaban J connectivity index is 1.63. The lowest BCUT2D eigenvalue weighted by Gasteiger charge is -2.31. The third kappa shape index (κ3) is 4.74. The van der Waals surface area contributed by atoms with Crippen LogP contribution in [-0.4, -0.2) is 42.2 Å². The Hall–Kier alpha value is -1.75. The van der Waals surface area contributed by atoms with E-state index in [2.05, 4.69) is 4.90 Å². The van der Waals surface area contributed by atoms with Crippen LogP contribution in [0, 0.1) is 5.92 Å². The molecule has 0 amide bonds. The van der Waals surface area contributed by atoms with E-state index in [9.17, 15) is 4.79 Å². The lowest BCUT2D eigenvalue weighted by Crippen LogP contribution is -2.37. The van der Waals surface area contributed by atoms with Gasteiger partial charge in [-0.1, -0.05) is 0 Å². The van der Waals surface area contributed by atoms with Crippen LogP contribution in [0.15, 0.2) is 24.3 Å². The minimum Gasteiger partial charge on any atom is -0.492 e. The Bertz CT molecular complexity index is 425.